The van der Waals surface area contributed by atoms with Crippen LogP contribution in [0.5, 0.6) is 0 Å². The first-order chi connectivity index (χ1) is 14.5. The highest BCUT2D eigenvalue weighted by Crippen LogP contribution is 2.16. The predicted molar refractivity (Wildman–Crippen MR) is 118 cm³/mol. The molecule has 6 heteroatoms. The molecule has 1 N–H and O–H groups in total. The van der Waals surface area contributed by atoms with Crippen LogP contribution in [0.3, 0.4) is 0 Å². The number of carbonyl (C=O) groups excluding carboxylic acids is 1. The SMILES string of the molecule is Cc1ccccc1CN(Cc1ccccc1)Cc1nc(C(=O)NCCN(C)C)co1. The molecule has 0 fully saturated rings. The van der Waals surface area contributed by atoms with Crippen molar-refractivity contribution in [3.8, 4) is 0 Å². The van der Waals surface area contributed by atoms with Crippen molar-refractivity contribution in [3.63, 3.8) is 0 Å². The number of hydrogen-bond donors (Lipinski definition) is 1. The number of benzene rings is 2. The maximum absolute atomic E-state index is 12.3. The van der Waals surface area contributed by atoms with E-state index < -0.39 is 0 Å². The molecule has 0 saturated carbocycles. The molecule has 1 heterocycles. The van der Waals surface area contributed by atoms with E-state index in [-0.39, 0.29) is 5.91 Å². The molecular weight excluding hydrogens is 376 g/mol. The molecular formula is C24H30N4O2. The van der Waals surface area contributed by atoms with Crippen LogP contribution in [-0.2, 0) is 19.6 Å². The van der Waals surface area contributed by atoms with Crippen molar-refractivity contribution in [2.24, 2.45) is 0 Å². The summed E-state index contributed by atoms with van der Waals surface area (Å²) in [5.74, 6) is 0.331. The summed E-state index contributed by atoms with van der Waals surface area (Å²) in [7, 11) is 3.94. The lowest BCUT2D eigenvalue weighted by molar-refractivity contribution is 0.0946. The highest BCUT2D eigenvalue weighted by molar-refractivity contribution is 5.91. The number of amides is 1. The van der Waals surface area contributed by atoms with E-state index in [0.29, 0.717) is 24.7 Å². The number of nitrogens with zero attached hydrogens (tertiary/aromatic N) is 3. The third-order valence-electron chi connectivity index (χ3n) is 4.89. The fourth-order valence-corrected chi connectivity index (χ4v) is 3.20. The van der Waals surface area contributed by atoms with Crippen LogP contribution >= 0.6 is 0 Å². The molecule has 0 aliphatic rings. The molecule has 0 spiro atoms. The summed E-state index contributed by atoms with van der Waals surface area (Å²) in [6, 6.07) is 18.7. The van der Waals surface area contributed by atoms with E-state index in [1.165, 1.54) is 23.0 Å². The molecule has 0 aliphatic carbocycles. The van der Waals surface area contributed by atoms with E-state index >= 15 is 0 Å². The van der Waals surface area contributed by atoms with Gasteiger partial charge in [-0.15, -0.1) is 0 Å². The minimum absolute atomic E-state index is 0.208. The summed E-state index contributed by atoms with van der Waals surface area (Å²) in [5.41, 5.74) is 4.06. The molecule has 1 aromatic heterocycles. The molecule has 158 valence electrons. The predicted octanol–water partition coefficient (Wildman–Crippen LogP) is 3.48. The van der Waals surface area contributed by atoms with Gasteiger partial charge in [0.2, 0.25) is 5.89 Å². The van der Waals surface area contributed by atoms with E-state index in [2.05, 4.69) is 58.5 Å². The van der Waals surface area contributed by atoms with Gasteiger partial charge in [-0.1, -0.05) is 54.6 Å². The lowest BCUT2D eigenvalue weighted by Gasteiger charge is -2.22. The van der Waals surface area contributed by atoms with Crippen molar-refractivity contribution >= 4 is 5.91 Å². The number of aryl methyl sites for hydroxylation is 1. The molecule has 0 unspecified atom stereocenters. The fraction of sp³-hybridized carbons (Fsp3) is 0.333. The first-order valence-electron chi connectivity index (χ1n) is 10.2. The lowest BCUT2D eigenvalue weighted by atomic mass is 10.1. The highest BCUT2D eigenvalue weighted by atomic mass is 16.3. The second-order valence-electron chi connectivity index (χ2n) is 7.74. The first kappa shape index (κ1) is 21.7. The standard InChI is InChI=1S/C24H30N4O2/c1-19-9-7-8-12-21(19)16-28(15-20-10-5-4-6-11-20)17-23-26-22(18-30-23)24(29)25-13-14-27(2)3/h4-12,18H,13-17H2,1-3H3,(H,25,29). The summed E-state index contributed by atoms with van der Waals surface area (Å²) in [4.78, 5) is 21.0. The molecule has 30 heavy (non-hydrogen) atoms. The van der Waals surface area contributed by atoms with Crippen molar-refractivity contribution in [2.75, 3.05) is 27.2 Å². The molecule has 0 bridgehead atoms. The van der Waals surface area contributed by atoms with Crippen LogP contribution in [0.2, 0.25) is 0 Å². The van der Waals surface area contributed by atoms with Crippen LogP contribution < -0.4 is 5.32 Å². The Morgan fingerprint density at radius 2 is 1.73 bits per heavy atom. The van der Waals surface area contributed by atoms with E-state index in [0.717, 1.165) is 19.6 Å². The van der Waals surface area contributed by atoms with Crippen LogP contribution in [0.25, 0.3) is 0 Å². The van der Waals surface area contributed by atoms with Crippen LogP contribution in [-0.4, -0.2) is 47.9 Å². The second kappa shape index (κ2) is 10.7. The zero-order valence-corrected chi connectivity index (χ0v) is 18.0. The van der Waals surface area contributed by atoms with Gasteiger partial charge in [-0.3, -0.25) is 9.69 Å². The maximum atomic E-state index is 12.3. The molecule has 3 aromatic rings. The maximum Gasteiger partial charge on any atom is 0.273 e. The average Bonchev–Trinajstić information content (AvgIpc) is 3.19. The monoisotopic (exact) mass is 406 g/mol. The zero-order valence-electron chi connectivity index (χ0n) is 18.0. The van der Waals surface area contributed by atoms with Gasteiger partial charge in [-0.2, -0.15) is 0 Å². The second-order valence-corrected chi connectivity index (χ2v) is 7.74. The summed E-state index contributed by atoms with van der Waals surface area (Å²) >= 11 is 0. The zero-order chi connectivity index (χ0) is 21.3. The molecule has 0 radical (unpaired) electrons. The smallest absolute Gasteiger partial charge is 0.273 e. The van der Waals surface area contributed by atoms with Crippen LogP contribution in [0, 0.1) is 6.92 Å². The topological polar surface area (TPSA) is 61.6 Å². The third-order valence-corrected chi connectivity index (χ3v) is 4.89. The molecule has 0 saturated heterocycles. The average molecular weight is 407 g/mol. The van der Waals surface area contributed by atoms with Gasteiger partial charge in [0.25, 0.3) is 5.91 Å². The van der Waals surface area contributed by atoms with Crippen molar-refractivity contribution < 1.29 is 9.21 Å². The molecule has 3 rings (SSSR count). The van der Waals surface area contributed by atoms with Crippen LogP contribution in [0.15, 0.2) is 65.3 Å². The normalized spacial score (nSPS) is 11.2. The van der Waals surface area contributed by atoms with E-state index in [4.69, 9.17) is 4.42 Å². The molecule has 0 aliphatic heterocycles. The van der Waals surface area contributed by atoms with Crippen molar-refractivity contribution in [1.29, 1.82) is 0 Å². The van der Waals surface area contributed by atoms with Crippen molar-refractivity contribution in [3.05, 3.63) is 89.1 Å². The summed E-state index contributed by atoms with van der Waals surface area (Å²) in [6.07, 6.45) is 1.44. The van der Waals surface area contributed by atoms with Gasteiger partial charge < -0.3 is 14.6 Å². The minimum atomic E-state index is -0.208. The van der Waals surface area contributed by atoms with Gasteiger partial charge in [-0.25, -0.2) is 4.98 Å². The van der Waals surface area contributed by atoms with Crippen molar-refractivity contribution in [1.82, 2.24) is 20.1 Å². The van der Waals surface area contributed by atoms with E-state index in [1.807, 2.05) is 37.2 Å². The number of nitrogens with one attached hydrogen (secondary N) is 1. The van der Waals surface area contributed by atoms with Crippen molar-refractivity contribution in [2.45, 2.75) is 26.6 Å². The quantitative estimate of drug-likeness (QED) is 0.559. The van der Waals surface area contributed by atoms with E-state index in [9.17, 15) is 4.79 Å². The summed E-state index contributed by atoms with van der Waals surface area (Å²) in [6.45, 7) is 5.53. The Morgan fingerprint density at radius 3 is 2.47 bits per heavy atom. The largest absolute Gasteiger partial charge is 0.447 e. The van der Waals surface area contributed by atoms with Gasteiger partial charge in [0.15, 0.2) is 5.69 Å². The first-order valence-corrected chi connectivity index (χ1v) is 10.2. The molecule has 2 aromatic carbocycles. The Morgan fingerprint density at radius 1 is 1.00 bits per heavy atom. The van der Waals surface area contributed by atoms with Gasteiger partial charge in [0.1, 0.15) is 6.26 Å². The number of rotatable bonds is 10. The number of oxazole rings is 1. The molecule has 0 atom stereocenters. The Labute approximate surface area is 178 Å². The Bertz CT molecular complexity index is 937. The molecule has 1 amide bonds. The summed E-state index contributed by atoms with van der Waals surface area (Å²) in [5, 5.41) is 2.87. The van der Waals surface area contributed by atoms with Crippen LogP contribution in [0.4, 0.5) is 0 Å². The van der Waals surface area contributed by atoms with Gasteiger partial charge in [0, 0.05) is 26.2 Å². The fourth-order valence-electron chi connectivity index (χ4n) is 3.20. The minimum Gasteiger partial charge on any atom is -0.447 e. The van der Waals surface area contributed by atoms with Gasteiger partial charge >= 0.3 is 0 Å². The van der Waals surface area contributed by atoms with Crippen LogP contribution in [0.1, 0.15) is 33.1 Å². The molecule has 6 nitrogen and oxygen atoms in total. The number of aromatic nitrogens is 1. The third kappa shape index (κ3) is 6.54. The number of hydrogen-bond acceptors (Lipinski definition) is 5. The Kier molecular flexibility index (Phi) is 7.76. The summed E-state index contributed by atoms with van der Waals surface area (Å²) < 4.78 is 5.63. The van der Waals surface area contributed by atoms with Gasteiger partial charge in [0.05, 0.1) is 6.54 Å². The van der Waals surface area contributed by atoms with Gasteiger partial charge in [-0.05, 0) is 37.7 Å². The lowest BCUT2D eigenvalue weighted by Crippen LogP contribution is -2.31. The number of likely N-dealkylation sites (N-methyl/N-ethyl adjacent to an activating group) is 1. The van der Waals surface area contributed by atoms with E-state index in [1.54, 1.807) is 0 Å². The Balaban J connectivity index is 1.69. The number of carbonyl (C=O) groups is 1. The highest BCUT2D eigenvalue weighted by Gasteiger charge is 2.16. The Hall–Kier alpha value is -2.96.